The molecule has 1 N–H and O–H groups in total. The van der Waals surface area contributed by atoms with Gasteiger partial charge >= 0.3 is 0 Å². The van der Waals surface area contributed by atoms with Crippen molar-refractivity contribution in [2.24, 2.45) is 34.0 Å². The van der Waals surface area contributed by atoms with Gasteiger partial charge in [-0.25, -0.2) is 0 Å². The number of fused-ring (bicyclic) bond motifs is 2. The summed E-state index contributed by atoms with van der Waals surface area (Å²) in [7, 11) is 0. The van der Waals surface area contributed by atoms with Crippen LogP contribution in [0.4, 0.5) is 0 Å². The Kier molecular flexibility index (Phi) is 2.14. The normalized spacial score (nSPS) is 46.8. The van der Waals surface area contributed by atoms with E-state index in [0.29, 0.717) is 17.4 Å². The van der Waals surface area contributed by atoms with E-state index in [-0.39, 0.29) is 23.1 Å². The summed E-state index contributed by atoms with van der Waals surface area (Å²) in [6.45, 7) is 1.92. The summed E-state index contributed by atoms with van der Waals surface area (Å²) in [5.41, 5.74) is 1.39. The van der Waals surface area contributed by atoms with Crippen LogP contribution in [0, 0.1) is 34.0 Å². The number of hydrogen-bond acceptors (Lipinski definition) is 3. The van der Waals surface area contributed by atoms with E-state index < -0.39 is 16.7 Å². The van der Waals surface area contributed by atoms with Crippen molar-refractivity contribution in [3.8, 4) is 0 Å². The lowest BCUT2D eigenvalue weighted by molar-refractivity contribution is -0.148. The van der Waals surface area contributed by atoms with Gasteiger partial charge in [0, 0.05) is 15.5 Å². The van der Waals surface area contributed by atoms with Crippen LogP contribution in [0.3, 0.4) is 0 Å². The van der Waals surface area contributed by atoms with Crippen molar-refractivity contribution in [3.63, 3.8) is 0 Å². The number of hydrogen-bond donors (Lipinski definition) is 1. The molecule has 4 fully saturated rings. The number of carbonyl (C=O) groups is 3. The standard InChI is InChI=1S/C19H15BrN2O3/c1-17-15(24)22(21-14(23)9-2-4-10(20)5-3-9)16(25)19(17)12-6-7-18(17,19)13-8-11(12)13/h2-7,11-13H,8H2,1H3,(H,21,23)/t11?,12?,13?,17-,18?,19+/m0/s1. The number of benzene rings is 1. The summed E-state index contributed by atoms with van der Waals surface area (Å²) in [4.78, 5) is 38.8. The van der Waals surface area contributed by atoms with Crippen LogP contribution in [0.15, 0.2) is 40.9 Å². The zero-order valence-corrected chi connectivity index (χ0v) is 15.0. The summed E-state index contributed by atoms with van der Waals surface area (Å²) >= 11 is 3.32. The molecule has 6 rings (SSSR count). The van der Waals surface area contributed by atoms with E-state index in [2.05, 4.69) is 33.5 Å². The van der Waals surface area contributed by atoms with E-state index in [0.717, 1.165) is 15.9 Å². The Bertz CT molecular complexity index is 940. The third-order valence-corrected chi connectivity index (χ3v) is 8.18. The minimum absolute atomic E-state index is 0.161. The van der Waals surface area contributed by atoms with Crippen molar-refractivity contribution in [1.82, 2.24) is 10.4 Å². The summed E-state index contributed by atoms with van der Waals surface area (Å²) in [6.07, 6.45) is 5.40. The molecule has 4 unspecified atom stereocenters. The predicted octanol–water partition coefficient (Wildman–Crippen LogP) is 2.29. The maximum atomic E-state index is 13.3. The van der Waals surface area contributed by atoms with Gasteiger partial charge < -0.3 is 0 Å². The molecule has 5 aliphatic rings. The van der Waals surface area contributed by atoms with E-state index in [4.69, 9.17) is 0 Å². The van der Waals surface area contributed by atoms with Gasteiger partial charge in [0.2, 0.25) is 0 Å². The first-order valence-corrected chi connectivity index (χ1v) is 9.35. The fraction of sp³-hybridized carbons (Fsp3) is 0.421. The van der Waals surface area contributed by atoms with Crippen molar-refractivity contribution in [1.29, 1.82) is 0 Å². The Morgan fingerprint density at radius 1 is 1.24 bits per heavy atom. The molecule has 25 heavy (non-hydrogen) atoms. The van der Waals surface area contributed by atoms with E-state index in [1.54, 1.807) is 24.3 Å². The molecule has 1 aliphatic heterocycles. The van der Waals surface area contributed by atoms with Gasteiger partial charge in [0.05, 0.1) is 10.8 Å². The first-order valence-electron chi connectivity index (χ1n) is 8.56. The summed E-state index contributed by atoms with van der Waals surface area (Å²) in [5.74, 6) is 0.290. The number of imide groups is 1. The minimum atomic E-state index is -0.679. The van der Waals surface area contributed by atoms with Gasteiger partial charge in [0.1, 0.15) is 0 Å². The second kappa shape index (κ2) is 3.75. The number of hydrazine groups is 1. The van der Waals surface area contributed by atoms with E-state index in [9.17, 15) is 14.4 Å². The number of allylic oxidation sites excluding steroid dienone is 2. The molecule has 3 saturated carbocycles. The van der Waals surface area contributed by atoms with Gasteiger partial charge in [0.25, 0.3) is 17.7 Å². The molecule has 1 aromatic rings. The monoisotopic (exact) mass is 398 g/mol. The van der Waals surface area contributed by atoms with E-state index in [1.807, 2.05) is 6.92 Å². The van der Waals surface area contributed by atoms with Crippen molar-refractivity contribution >= 4 is 33.7 Å². The summed E-state index contributed by atoms with van der Waals surface area (Å²) < 4.78 is 0.861. The number of piperidine rings is 1. The average Bonchev–Trinajstić information content (AvgIpc) is 3.41. The Morgan fingerprint density at radius 2 is 1.96 bits per heavy atom. The van der Waals surface area contributed by atoms with Gasteiger partial charge in [-0.3, -0.25) is 19.8 Å². The second-order valence-corrected chi connectivity index (χ2v) is 9.00. The number of carbonyl (C=O) groups excluding carboxylic acids is 3. The molecular formula is C19H15BrN2O3. The molecule has 1 aromatic carbocycles. The highest BCUT2D eigenvalue weighted by Crippen LogP contribution is 3.00. The zero-order valence-electron chi connectivity index (χ0n) is 13.5. The van der Waals surface area contributed by atoms with Gasteiger partial charge in [-0.05, 0) is 55.4 Å². The molecule has 0 aromatic heterocycles. The van der Waals surface area contributed by atoms with Gasteiger partial charge in [-0.1, -0.05) is 28.1 Å². The molecule has 0 radical (unpaired) electrons. The SMILES string of the molecule is C[C@@]12C(=O)N(NC(=O)c3ccc(Br)cc3)C(=O)[C@]13C1C=CC23C2CC21. The molecule has 6 atom stereocenters. The highest BCUT2D eigenvalue weighted by molar-refractivity contribution is 9.10. The van der Waals surface area contributed by atoms with Gasteiger partial charge in [0.15, 0.2) is 0 Å². The van der Waals surface area contributed by atoms with Gasteiger partial charge in [-0.2, -0.15) is 5.01 Å². The van der Waals surface area contributed by atoms with Gasteiger partial charge in [-0.15, -0.1) is 0 Å². The summed E-state index contributed by atoms with van der Waals surface area (Å²) in [5, 5.41) is 0.993. The Balaban J connectivity index is 1.34. The van der Waals surface area contributed by atoms with Crippen molar-refractivity contribution in [3.05, 3.63) is 46.5 Å². The molecule has 1 heterocycles. The molecule has 2 bridgehead atoms. The minimum Gasteiger partial charge on any atom is -0.272 e. The highest BCUT2D eigenvalue weighted by atomic mass is 79.9. The lowest BCUT2D eigenvalue weighted by atomic mass is 9.80. The van der Waals surface area contributed by atoms with Crippen molar-refractivity contribution < 1.29 is 14.4 Å². The first-order chi connectivity index (χ1) is 11.9. The molecule has 126 valence electrons. The fourth-order valence-electron chi connectivity index (χ4n) is 6.74. The lowest BCUT2D eigenvalue weighted by Gasteiger charge is -2.26. The molecule has 1 saturated heterocycles. The third kappa shape index (κ3) is 1.12. The maximum Gasteiger partial charge on any atom is 0.270 e. The van der Waals surface area contributed by atoms with Crippen LogP contribution in [0.1, 0.15) is 23.7 Å². The number of halogens is 1. The topological polar surface area (TPSA) is 66.5 Å². The third-order valence-electron chi connectivity index (χ3n) is 7.65. The largest absolute Gasteiger partial charge is 0.272 e. The first kappa shape index (κ1) is 14.2. The molecule has 5 nitrogen and oxygen atoms in total. The van der Waals surface area contributed by atoms with Crippen molar-refractivity contribution in [2.45, 2.75) is 13.3 Å². The van der Waals surface area contributed by atoms with Crippen LogP contribution >= 0.6 is 15.9 Å². The molecule has 3 amide bonds. The van der Waals surface area contributed by atoms with Crippen molar-refractivity contribution in [2.75, 3.05) is 0 Å². The zero-order chi connectivity index (χ0) is 17.4. The maximum absolute atomic E-state index is 13.3. The quantitative estimate of drug-likeness (QED) is 0.613. The molecule has 1 spiro atoms. The van der Waals surface area contributed by atoms with Crippen LogP contribution in [0.25, 0.3) is 0 Å². The Labute approximate surface area is 152 Å². The number of amides is 3. The number of rotatable bonds is 2. The Morgan fingerprint density at radius 3 is 2.68 bits per heavy atom. The number of nitrogens with zero attached hydrogens (tertiary/aromatic N) is 1. The van der Waals surface area contributed by atoms with Crippen LogP contribution < -0.4 is 5.43 Å². The van der Waals surface area contributed by atoms with E-state index >= 15 is 0 Å². The predicted molar refractivity (Wildman–Crippen MR) is 90.7 cm³/mol. The van der Waals surface area contributed by atoms with Crippen LogP contribution in [0.2, 0.25) is 0 Å². The fourth-order valence-corrected chi connectivity index (χ4v) is 7.00. The molecule has 4 aliphatic carbocycles. The summed E-state index contributed by atoms with van der Waals surface area (Å²) in [6, 6.07) is 6.82. The highest BCUT2D eigenvalue weighted by Gasteiger charge is 3.05. The number of nitrogens with one attached hydrogen (secondary N) is 1. The van der Waals surface area contributed by atoms with Crippen LogP contribution in [0.5, 0.6) is 0 Å². The Hall–Kier alpha value is -1.95. The van der Waals surface area contributed by atoms with E-state index in [1.165, 1.54) is 0 Å². The molecular weight excluding hydrogens is 384 g/mol. The van der Waals surface area contributed by atoms with Crippen LogP contribution in [-0.4, -0.2) is 22.7 Å². The van der Waals surface area contributed by atoms with Crippen LogP contribution in [-0.2, 0) is 9.59 Å². The second-order valence-electron chi connectivity index (χ2n) is 8.09. The lowest BCUT2D eigenvalue weighted by Crippen LogP contribution is -2.51. The average molecular weight is 399 g/mol. The smallest absolute Gasteiger partial charge is 0.270 e. The molecule has 6 heteroatoms.